The third-order valence-electron chi connectivity index (χ3n) is 2.15. The summed E-state index contributed by atoms with van der Waals surface area (Å²) in [6, 6.07) is 7.19. The monoisotopic (exact) mass is 194 g/mol. The van der Waals surface area contributed by atoms with Crippen molar-refractivity contribution >= 4 is 5.97 Å². The van der Waals surface area contributed by atoms with Crippen LogP contribution >= 0.6 is 0 Å². The van der Waals surface area contributed by atoms with Crippen LogP contribution in [0, 0.1) is 0 Å². The predicted octanol–water partition coefficient (Wildman–Crippen LogP) is 2.18. The molecule has 0 aromatic heterocycles. The van der Waals surface area contributed by atoms with E-state index in [2.05, 4.69) is 4.74 Å². The molecule has 0 aliphatic rings. The van der Waals surface area contributed by atoms with Gasteiger partial charge in [0.05, 0.1) is 18.8 Å². The summed E-state index contributed by atoms with van der Waals surface area (Å²) >= 11 is 0. The van der Waals surface area contributed by atoms with Gasteiger partial charge in [-0.25, -0.2) is 4.79 Å². The molecule has 0 aliphatic carbocycles. The highest BCUT2D eigenvalue weighted by Crippen LogP contribution is 2.16. The molecule has 0 saturated carbocycles. The van der Waals surface area contributed by atoms with Crippen molar-refractivity contribution in [3.8, 4) is 0 Å². The fraction of sp³-hybridized carbons (Fsp3) is 0.364. The van der Waals surface area contributed by atoms with E-state index in [9.17, 15) is 4.79 Å². The molecule has 0 aliphatic heterocycles. The SMILES string of the molecule is COC(=O)c1ccc([C@H](C)OC)cc1. The Hall–Kier alpha value is -1.35. The first-order valence-corrected chi connectivity index (χ1v) is 4.40. The summed E-state index contributed by atoms with van der Waals surface area (Å²) in [6.07, 6.45) is 0.0432. The van der Waals surface area contributed by atoms with E-state index in [1.807, 2.05) is 19.1 Å². The van der Waals surface area contributed by atoms with Crippen molar-refractivity contribution in [2.45, 2.75) is 13.0 Å². The third-order valence-corrected chi connectivity index (χ3v) is 2.15. The molecule has 0 bridgehead atoms. The summed E-state index contributed by atoms with van der Waals surface area (Å²) in [5, 5.41) is 0. The van der Waals surface area contributed by atoms with E-state index in [0.29, 0.717) is 5.56 Å². The maximum Gasteiger partial charge on any atom is 0.337 e. The minimum Gasteiger partial charge on any atom is -0.465 e. The first-order valence-electron chi connectivity index (χ1n) is 4.40. The summed E-state index contributed by atoms with van der Waals surface area (Å²) in [5.74, 6) is -0.318. The first kappa shape index (κ1) is 10.7. The molecule has 3 nitrogen and oxygen atoms in total. The number of methoxy groups -OCH3 is 2. The van der Waals surface area contributed by atoms with Crippen LogP contribution < -0.4 is 0 Å². The van der Waals surface area contributed by atoms with E-state index in [1.54, 1.807) is 19.2 Å². The van der Waals surface area contributed by atoms with Gasteiger partial charge in [0.1, 0.15) is 0 Å². The maximum absolute atomic E-state index is 11.1. The van der Waals surface area contributed by atoms with Gasteiger partial charge in [0.25, 0.3) is 0 Å². The smallest absolute Gasteiger partial charge is 0.337 e. The minimum atomic E-state index is -0.318. The lowest BCUT2D eigenvalue weighted by Crippen LogP contribution is -2.02. The lowest BCUT2D eigenvalue weighted by molar-refractivity contribution is 0.0600. The van der Waals surface area contributed by atoms with E-state index in [-0.39, 0.29) is 12.1 Å². The van der Waals surface area contributed by atoms with Crippen molar-refractivity contribution in [2.24, 2.45) is 0 Å². The molecule has 0 unspecified atom stereocenters. The molecular weight excluding hydrogens is 180 g/mol. The molecule has 3 heteroatoms. The fourth-order valence-electron chi connectivity index (χ4n) is 1.14. The van der Waals surface area contributed by atoms with Crippen molar-refractivity contribution in [1.82, 2.24) is 0 Å². The van der Waals surface area contributed by atoms with Crippen LogP contribution in [0.2, 0.25) is 0 Å². The van der Waals surface area contributed by atoms with Gasteiger partial charge in [-0.05, 0) is 24.6 Å². The average molecular weight is 194 g/mol. The highest BCUT2D eigenvalue weighted by molar-refractivity contribution is 5.89. The number of hydrogen-bond acceptors (Lipinski definition) is 3. The molecule has 0 spiro atoms. The Morgan fingerprint density at radius 3 is 2.21 bits per heavy atom. The normalized spacial score (nSPS) is 12.2. The zero-order valence-electron chi connectivity index (χ0n) is 8.61. The van der Waals surface area contributed by atoms with Crippen LogP contribution in [0.25, 0.3) is 0 Å². The minimum absolute atomic E-state index is 0.0432. The molecule has 1 atom stereocenters. The molecule has 0 fully saturated rings. The summed E-state index contributed by atoms with van der Waals surface area (Å²) in [6.45, 7) is 1.95. The molecule has 0 amide bonds. The number of benzene rings is 1. The second-order valence-electron chi connectivity index (χ2n) is 2.99. The van der Waals surface area contributed by atoms with Gasteiger partial charge in [-0.2, -0.15) is 0 Å². The quantitative estimate of drug-likeness (QED) is 0.692. The molecule has 76 valence electrons. The standard InChI is InChI=1S/C11H14O3/c1-8(13-2)9-4-6-10(7-5-9)11(12)14-3/h4-8H,1-3H3/t8-/m0/s1. The molecule has 1 rings (SSSR count). The molecule has 0 saturated heterocycles. The lowest BCUT2D eigenvalue weighted by Gasteiger charge is -2.09. The highest BCUT2D eigenvalue weighted by Gasteiger charge is 2.07. The van der Waals surface area contributed by atoms with Crippen LogP contribution in [0.4, 0.5) is 0 Å². The summed E-state index contributed by atoms with van der Waals surface area (Å²) in [4.78, 5) is 11.1. The third kappa shape index (κ3) is 2.33. The Morgan fingerprint density at radius 2 is 1.79 bits per heavy atom. The summed E-state index contributed by atoms with van der Waals surface area (Å²) in [7, 11) is 3.02. The second kappa shape index (κ2) is 4.77. The number of ether oxygens (including phenoxy) is 2. The van der Waals surface area contributed by atoms with Crippen LogP contribution in [0.3, 0.4) is 0 Å². The Bertz CT molecular complexity index is 303. The predicted molar refractivity (Wildman–Crippen MR) is 53.2 cm³/mol. The van der Waals surface area contributed by atoms with Gasteiger partial charge < -0.3 is 9.47 Å². The van der Waals surface area contributed by atoms with Crippen LogP contribution in [0.1, 0.15) is 28.9 Å². The van der Waals surface area contributed by atoms with Crippen LogP contribution in [-0.2, 0) is 9.47 Å². The van der Waals surface area contributed by atoms with Gasteiger partial charge in [-0.1, -0.05) is 12.1 Å². The van der Waals surface area contributed by atoms with Crippen LogP contribution in [-0.4, -0.2) is 20.2 Å². The van der Waals surface area contributed by atoms with Gasteiger partial charge in [0, 0.05) is 7.11 Å². The Balaban J connectivity index is 2.83. The van der Waals surface area contributed by atoms with E-state index in [1.165, 1.54) is 7.11 Å². The van der Waals surface area contributed by atoms with Gasteiger partial charge >= 0.3 is 5.97 Å². The zero-order chi connectivity index (χ0) is 10.6. The van der Waals surface area contributed by atoms with Gasteiger partial charge in [0.2, 0.25) is 0 Å². The number of esters is 1. The van der Waals surface area contributed by atoms with Gasteiger partial charge in [-0.15, -0.1) is 0 Å². The van der Waals surface area contributed by atoms with Crippen molar-refractivity contribution in [3.05, 3.63) is 35.4 Å². The van der Waals surface area contributed by atoms with Gasteiger partial charge in [-0.3, -0.25) is 0 Å². The second-order valence-corrected chi connectivity index (χ2v) is 2.99. The molecule has 1 aromatic rings. The van der Waals surface area contributed by atoms with Crippen molar-refractivity contribution in [3.63, 3.8) is 0 Å². The van der Waals surface area contributed by atoms with Gasteiger partial charge in [0.15, 0.2) is 0 Å². The summed E-state index contributed by atoms with van der Waals surface area (Å²) < 4.78 is 9.74. The van der Waals surface area contributed by atoms with Crippen LogP contribution in [0.15, 0.2) is 24.3 Å². The lowest BCUT2D eigenvalue weighted by atomic mass is 10.1. The van der Waals surface area contributed by atoms with Crippen molar-refractivity contribution in [1.29, 1.82) is 0 Å². The number of hydrogen-bond donors (Lipinski definition) is 0. The summed E-state index contributed by atoms with van der Waals surface area (Å²) in [5.41, 5.74) is 1.60. The number of rotatable bonds is 3. The zero-order valence-corrected chi connectivity index (χ0v) is 8.61. The molecule has 0 heterocycles. The first-order chi connectivity index (χ1) is 6.69. The molecular formula is C11H14O3. The highest BCUT2D eigenvalue weighted by atomic mass is 16.5. The van der Waals surface area contributed by atoms with E-state index >= 15 is 0 Å². The Morgan fingerprint density at radius 1 is 1.21 bits per heavy atom. The largest absolute Gasteiger partial charge is 0.465 e. The van der Waals surface area contributed by atoms with Crippen molar-refractivity contribution in [2.75, 3.05) is 14.2 Å². The Labute approximate surface area is 83.6 Å². The van der Waals surface area contributed by atoms with E-state index < -0.39 is 0 Å². The van der Waals surface area contributed by atoms with Crippen LogP contribution in [0.5, 0.6) is 0 Å². The molecule has 1 aromatic carbocycles. The van der Waals surface area contributed by atoms with Crippen molar-refractivity contribution < 1.29 is 14.3 Å². The topological polar surface area (TPSA) is 35.5 Å². The van der Waals surface area contributed by atoms with E-state index in [0.717, 1.165) is 5.56 Å². The molecule has 14 heavy (non-hydrogen) atoms. The molecule has 0 N–H and O–H groups in total. The maximum atomic E-state index is 11.1. The number of carbonyl (C=O) groups excluding carboxylic acids is 1. The fourth-order valence-corrected chi connectivity index (χ4v) is 1.14. The van der Waals surface area contributed by atoms with E-state index in [4.69, 9.17) is 4.74 Å². The average Bonchev–Trinajstić information content (AvgIpc) is 2.27. The Kier molecular flexibility index (Phi) is 3.65. The number of carbonyl (C=O) groups is 1. The molecule has 0 radical (unpaired) electrons.